The molecular formula is C10H23ClN2O3S. The molecule has 0 aromatic carbocycles. The minimum atomic E-state index is -3.13. The van der Waals surface area contributed by atoms with Crippen LogP contribution in [-0.4, -0.2) is 51.3 Å². The van der Waals surface area contributed by atoms with Gasteiger partial charge in [0.1, 0.15) is 0 Å². The van der Waals surface area contributed by atoms with Gasteiger partial charge in [-0.3, -0.25) is 0 Å². The molecule has 0 bridgehead atoms. The van der Waals surface area contributed by atoms with E-state index in [1.165, 1.54) is 7.11 Å². The number of ether oxygens (including phenoxy) is 1. The van der Waals surface area contributed by atoms with E-state index in [4.69, 9.17) is 10.5 Å². The highest BCUT2D eigenvalue weighted by Crippen LogP contribution is 2.21. The summed E-state index contributed by atoms with van der Waals surface area (Å²) in [5.74, 6) is 0.528. The highest BCUT2D eigenvalue weighted by molar-refractivity contribution is 7.89. The van der Waals surface area contributed by atoms with Gasteiger partial charge in [-0.05, 0) is 25.7 Å². The summed E-state index contributed by atoms with van der Waals surface area (Å²) in [6.07, 6.45) is 1.73. The lowest BCUT2D eigenvalue weighted by atomic mass is 9.92. The standard InChI is InChI=1S/C10H22N2O3S.ClH/c1-9(11)10-3-5-12(6-4-10)16(13,14)8-7-15-2;/h9-10H,3-8,11H2,1-2H3;1H. The van der Waals surface area contributed by atoms with Crippen LogP contribution in [0.4, 0.5) is 0 Å². The van der Waals surface area contributed by atoms with Crippen molar-refractivity contribution in [2.24, 2.45) is 11.7 Å². The van der Waals surface area contributed by atoms with E-state index in [-0.39, 0.29) is 30.8 Å². The lowest BCUT2D eigenvalue weighted by Gasteiger charge is -2.32. The summed E-state index contributed by atoms with van der Waals surface area (Å²) >= 11 is 0. The average molecular weight is 287 g/mol. The Balaban J connectivity index is 0.00000256. The summed E-state index contributed by atoms with van der Waals surface area (Å²) < 4.78 is 30.0. The number of hydrogen-bond acceptors (Lipinski definition) is 4. The maximum Gasteiger partial charge on any atom is 0.216 e. The fraction of sp³-hybridized carbons (Fsp3) is 1.00. The Hall–Kier alpha value is 0.120. The third kappa shape index (κ3) is 5.09. The predicted octanol–water partition coefficient (Wildman–Crippen LogP) is 0.444. The van der Waals surface area contributed by atoms with E-state index in [1.807, 2.05) is 6.92 Å². The van der Waals surface area contributed by atoms with Crippen LogP contribution >= 0.6 is 12.4 Å². The predicted molar refractivity (Wildman–Crippen MR) is 70.9 cm³/mol. The van der Waals surface area contributed by atoms with Crippen LogP contribution in [0.1, 0.15) is 19.8 Å². The van der Waals surface area contributed by atoms with E-state index in [0.717, 1.165) is 12.8 Å². The van der Waals surface area contributed by atoms with E-state index in [2.05, 4.69) is 0 Å². The van der Waals surface area contributed by atoms with Crippen molar-refractivity contribution in [3.63, 3.8) is 0 Å². The topological polar surface area (TPSA) is 72.6 Å². The van der Waals surface area contributed by atoms with Crippen molar-refractivity contribution in [1.82, 2.24) is 4.31 Å². The minimum Gasteiger partial charge on any atom is -0.384 e. The maximum atomic E-state index is 11.8. The zero-order valence-corrected chi connectivity index (χ0v) is 12.1. The molecule has 0 aliphatic carbocycles. The maximum absolute atomic E-state index is 11.8. The quantitative estimate of drug-likeness (QED) is 0.796. The SMILES string of the molecule is COCCS(=O)(=O)N1CCC(C(C)N)CC1.Cl. The van der Waals surface area contributed by atoms with Crippen LogP contribution in [0.25, 0.3) is 0 Å². The normalized spacial score (nSPS) is 20.9. The van der Waals surface area contributed by atoms with E-state index >= 15 is 0 Å². The van der Waals surface area contributed by atoms with Gasteiger partial charge in [0.2, 0.25) is 10.0 Å². The number of rotatable bonds is 5. The van der Waals surface area contributed by atoms with Crippen LogP contribution in [0, 0.1) is 5.92 Å². The second-order valence-electron chi connectivity index (χ2n) is 4.40. The van der Waals surface area contributed by atoms with Crippen molar-refractivity contribution in [2.45, 2.75) is 25.8 Å². The largest absolute Gasteiger partial charge is 0.384 e. The number of methoxy groups -OCH3 is 1. The summed E-state index contributed by atoms with van der Waals surface area (Å²) in [6.45, 7) is 3.44. The highest BCUT2D eigenvalue weighted by atomic mass is 35.5. The minimum absolute atomic E-state index is 0. The van der Waals surface area contributed by atoms with E-state index in [9.17, 15) is 8.42 Å². The fourth-order valence-corrected chi connectivity index (χ4v) is 3.40. The van der Waals surface area contributed by atoms with Gasteiger partial charge >= 0.3 is 0 Å². The monoisotopic (exact) mass is 286 g/mol. The number of nitrogens with zero attached hydrogens (tertiary/aromatic N) is 1. The Morgan fingerprint density at radius 3 is 2.35 bits per heavy atom. The molecule has 0 radical (unpaired) electrons. The summed E-state index contributed by atoms with van der Waals surface area (Å²) in [5, 5.41) is 0. The van der Waals surface area contributed by atoms with E-state index < -0.39 is 10.0 Å². The highest BCUT2D eigenvalue weighted by Gasteiger charge is 2.28. The Kier molecular flexibility index (Phi) is 7.58. The molecule has 1 unspecified atom stereocenters. The van der Waals surface area contributed by atoms with Crippen molar-refractivity contribution in [2.75, 3.05) is 32.6 Å². The first-order valence-electron chi connectivity index (χ1n) is 5.69. The van der Waals surface area contributed by atoms with E-state index in [0.29, 0.717) is 19.0 Å². The van der Waals surface area contributed by atoms with Crippen LogP contribution in [0.3, 0.4) is 0 Å². The molecule has 7 heteroatoms. The molecule has 17 heavy (non-hydrogen) atoms. The van der Waals surface area contributed by atoms with Gasteiger partial charge in [0.05, 0.1) is 12.4 Å². The molecule has 2 N–H and O–H groups in total. The number of nitrogens with two attached hydrogens (primary N) is 1. The van der Waals surface area contributed by atoms with Gasteiger partial charge in [-0.25, -0.2) is 12.7 Å². The lowest BCUT2D eigenvalue weighted by Crippen LogP contribution is -2.43. The molecule has 0 saturated carbocycles. The molecule has 1 atom stereocenters. The first-order chi connectivity index (χ1) is 7.47. The number of halogens is 1. The molecular weight excluding hydrogens is 264 g/mol. The van der Waals surface area contributed by atoms with E-state index in [1.54, 1.807) is 4.31 Å². The summed E-state index contributed by atoms with van der Waals surface area (Å²) in [7, 11) is -1.62. The van der Waals surface area contributed by atoms with Crippen LogP contribution in [0.2, 0.25) is 0 Å². The fourth-order valence-electron chi connectivity index (χ4n) is 2.00. The average Bonchev–Trinajstić information content (AvgIpc) is 2.26. The van der Waals surface area contributed by atoms with Crippen LogP contribution in [0.15, 0.2) is 0 Å². The second kappa shape index (κ2) is 7.53. The van der Waals surface area contributed by atoms with Crippen molar-refractivity contribution >= 4 is 22.4 Å². The van der Waals surface area contributed by atoms with Crippen molar-refractivity contribution in [1.29, 1.82) is 0 Å². The third-order valence-corrected chi connectivity index (χ3v) is 5.02. The van der Waals surface area contributed by atoms with Gasteiger partial charge in [0.15, 0.2) is 0 Å². The van der Waals surface area contributed by atoms with Crippen LogP contribution < -0.4 is 5.73 Å². The molecule has 1 aliphatic rings. The van der Waals surface area contributed by atoms with Gasteiger partial charge in [-0.1, -0.05) is 0 Å². The molecule has 1 heterocycles. The molecule has 0 aromatic rings. The summed E-state index contributed by atoms with van der Waals surface area (Å²) in [6, 6.07) is 0.156. The molecule has 0 amide bonds. The van der Waals surface area contributed by atoms with Crippen LogP contribution in [0.5, 0.6) is 0 Å². The summed E-state index contributed by atoms with van der Waals surface area (Å²) in [4.78, 5) is 0. The first-order valence-corrected chi connectivity index (χ1v) is 7.30. The zero-order chi connectivity index (χ0) is 12.2. The Labute approximate surface area is 110 Å². The van der Waals surface area contributed by atoms with Gasteiger partial charge < -0.3 is 10.5 Å². The number of sulfonamides is 1. The number of hydrogen-bond donors (Lipinski definition) is 1. The smallest absolute Gasteiger partial charge is 0.216 e. The zero-order valence-electron chi connectivity index (χ0n) is 10.5. The molecule has 1 aliphatic heterocycles. The van der Waals surface area contributed by atoms with Gasteiger partial charge in [-0.2, -0.15) is 0 Å². The Morgan fingerprint density at radius 2 is 1.94 bits per heavy atom. The Morgan fingerprint density at radius 1 is 1.41 bits per heavy atom. The molecule has 5 nitrogen and oxygen atoms in total. The molecule has 1 saturated heterocycles. The van der Waals surface area contributed by atoms with Gasteiger partial charge in [0, 0.05) is 26.2 Å². The molecule has 0 spiro atoms. The molecule has 1 rings (SSSR count). The lowest BCUT2D eigenvalue weighted by molar-refractivity contribution is 0.211. The van der Waals surface area contributed by atoms with Crippen molar-refractivity contribution < 1.29 is 13.2 Å². The van der Waals surface area contributed by atoms with Crippen molar-refractivity contribution in [3.05, 3.63) is 0 Å². The molecule has 1 fully saturated rings. The summed E-state index contributed by atoms with van der Waals surface area (Å²) in [5.41, 5.74) is 5.81. The third-order valence-electron chi connectivity index (χ3n) is 3.18. The van der Waals surface area contributed by atoms with Gasteiger partial charge in [-0.15, -0.1) is 12.4 Å². The Bertz CT molecular complexity index is 301. The van der Waals surface area contributed by atoms with Crippen molar-refractivity contribution in [3.8, 4) is 0 Å². The number of piperidine rings is 1. The van der Waals surface area contributed by atoms with Crippen LogP contribution in [-0.2, 0) is 14.8 Å². The molecule has 104 valence electrons. The van der Waals surface area contributed by atoms with Gasteiger partial charge in [0.25, 0.3) is 0 Å². The first kappa shape index (κ1) is 17.1. The molecule has 0 aromatic heterocycles. The second-order valence-corrected chi connectivity index (χ2v) is 6.49.